The lowest BCUT2D eigenvalue weighted by Crippen LogP contribution is -2.42. The summed E-state index contributed by atoms with van der Waals surface area (Å²) in [5, 5.41) is 0.532. The van der Waals surface area contributed by atoms with Crippen LogP contribution in [0.15, 0.2) is 35.2 Å². The minimum atomic E-state index is -1.04. The highest BCUT2D eigenvalue weighted by molar-refractivity contribution is 8.18. The number of esters is 1. The Balaban J connectivity index is 1.86. The Kier molecular flexibility index (Phi) is 8.76. The summed E-state index contributed by atoms with van der Waals surface area (Å²) < 4.78 is 16.2. The molecule has 1 aliphatic rings. The van der Waals surface area contributed by atoms with Gasteiger partial charge >= 0.3 is 5.97 Å². The summed E-state index contributed by atoms with van der Waals surface area (Å²) in [6, 6.07) is 7.34. The van der Waals surface area contributed by atoms with Crippen molar-refractivity contribution in [1.82, 2.24) is 4.90 Å². The fourth-order valence-corrected chi connectivity index (χ4v) is 4.60. The number of hydrogen-bond acceptors (Lipinski definition) is 7. The van der Waals surface area contributed by atoms with Gasteiger partial charge in [0.1, 0.15) is 12.6 Å². The molecule has 0 aliphatic carbocycles. The molecule has 3 rings (SSSR count). The first kappa shape index (κ1) is 26.2. The molecule has 1 heterocycles. The predicted molar refractivity (Wildman–Crippen MR) is 133 cm³/mol. The van der Waals surface area contributed by atoms with Gasteiger partial charge in [-0.15, -0.1) is 0 Å². The first-order valence-electron chi connectivity index (χ1n) is 10.0. The molecule has 1 fully saturated rings. The van der Waals surface area contributed by atoms with Gasteiger partial charge in [-0.3, -0.25) is 14.5 Å². The van der Waals surface area contributed by atoms with Gasteiger partial charge in [-0.2, -0.15) is 0 Å². The first-order chi connectivity index (χ1) is 16.2. The van der Waals surface area contributed by atoms with Crippen molar-refractivity contribution in [2.45, 2.75) is 26.5 Å². The zero-order valence-corrected chi connectivity index (χ0v) is 21.5. The predicted octanol–water partition coefficient (Wildman–Crippen LogP) is 6.22. The second-order valence-electron chi connectivity index (χ2n) is 7.05. The second-order valence-corrected chi connectivity index (χ2v) is 9.27. The highest BCUT2D eigenvalue weighted by atomic mass is 35.5. The Hall–Kier alpha value is -2.39. The number of ether oxygens (including phenoxy) is 3. The standard InChI is InChI=1S/C23H20Cl3NO6S/c1-4-32-18-9-14(10-19-21(28)27(23(30)34-19)12(2)22(29)31-3)8-17(26)20(18)33-11-13-5-6-15(24)16(25)7-13/h5-10,12H,4,11H2,1-3H3/b19-10+/t12-/m0/s1. The van der Waals surface area contributed by atoms with Crippen molar-refractivity contribution < 1.29 is 28.6 Å². The van der Waals surface area contributed by atoms with E-state index in [1.807, 2.05) is 6.92 Å². The van der Waals surface area contributed by atoms with Crippen molar-refractivity contribution >= 4 is 69.8 Å². The van der Waals surface area contributed by atoms with Crippen molar-refractivity contribution in [3.63, 3.8) is 0 Å². The van der Waals surface area contributed by atoms with Crippen LogP contribution in [0.25, 0.3) is 6.08 Å². The largest absolute Gasteiger partial charge is 0.490 e. The van der Waals surface area contributed by atoms with E-state index in [0.29, 0.717) is 33.7 Å². The van der Waals surface area contributed by atoms with E-state index in [0.717, 1.165) is 22.2 Å². The zero-order chi connectivity index (χ0) is 25.0. The molecule has 11 heteroatoms. The number of halogens is 3. The molecule has 34 heavy (non-hydrogen) atoms. The molecule has 1 atom stereocenters. The summed E-state index contributed by atoms with van der Waals surface area (Å²) in [5.74, 6) is -0.599. The van der Waals surface area contributed by atoms with Crippen LogP contribution in [0.4, 0.5) is 4.79 Å². The quantitative estimate of drug-likeness (QED) is 0.288. The number of imide groups is 1. The Bertz CT molecular complexity index is 1170. The lowest BCUT2D eigenvalue weighted by atomic mass is 10.1. The number of methoxy groups -OCH3 is 1. The van der Waals surface area contributed by atoms with Crippen molar-refractivity contribution in [1.29, 1.82) is 0 Å². The van der Waals surface area contributed by atoms with Gasteiger partial charge in [0.15, 0.2) is 11.5 Å². The molecule has 1 saturated heterocycles. The molecular formula is C23H20Cl3NO6S. The Labute approximate surface area is 215 Å². The van der Waals surface area contributed by atoms with E-state index >= 15 is 0 Å². The Morgan fingerprint density at radius 1 is 1.09 bits per heavy atom. The average Bonchev–Trinajstić information content (AvgIpc) is 3.07. The average molecular weight is 545 g/mol. The van der Waals surface area contributed by atoms with E-state index in [-0.39, 0.29) is 16.5 Å². The molecule has 2 aromatic rings. The molecule has 7 nitrogen and oxygen atoms in total. The van der Waals surface area contributed by atoms with Gasteiger partial charge in [0.25, 0.3) is 11.1 Å². The van der Waals surface area contributed by atoms with Crippen LogP contribution in [0.3, 0.4) is 0 Å². The molecule has 0 spiro atoms. The van der Waals surface area contributed by atoms with Gasteiger partial charge in [-0.05, 0) is 67.1 Å². The number of carbonyl (C=O) groups excluding carboxylic acids is 3. The molecule has 180 valence electrons. The number of hydrogen-bond donors (Lipinski definition) is 0. The van der Waals surface area contributed by atoms with Gasteiger partial charge < -0.3 is 14.2 Å². The summed E-state index contributed by atoms with van der Waals surface area (Å²) in [6.45, 7) is 3.74. The number of rotatable bonds is 8. The van der Waals surface area contributed by atoms with Crippen molar-refractivity contribution in [3.05, 3.63) is 61.4 Å². The molecule has 2 aromatic carbocycles. The molecule has 0 bridgehead atoms. The summed E-state index contributed by atoms with van der Waals surface area (Å²) >= 11 is 19.2. The molecule has 0 unspecified atom stereocenters. The maximum atomic E-state index is 12.8. The number of amides is 2. The van der Waals surface area contributed by atoms with Crippen LogP contribution < -0.4 is 9.47 Å². The minimum absolute atomic E-state index is 0.142. The molecular weight excluding hydrogens is 525 g/mol. The van der Waals surface area contributed by atoms with E-state index in [9.17, 15) is 14.4 Å². The highest BCUT2D eigenvalue weighted by Gasteiger charge is 2.41. The van der Waals surface area contributed by atoms with Crippen LogP contribution in [0.1, 0.15) is 25.0 Å². The van der Waals surface area contributed by atoms with Crippen LogP contribution in [-0.4, -0.2) is 41.8 Å². The fourth-order valence-electron chi connectivity index (χ4n) is 3.10. The van der Waals surface area contributed by atoms with E-state index in [1.165, 1.54) is 20.1 Å². The summed E-state index contributed by atoms with van der Waals surface area (Å²) in [7, 11) is 1.19. The van der Waals surface area contributed by atoms with Gasteiger partial charge in [0.2, 0.25) is 0 Å². The first-order valence-corrected chi connectivity index (χ1v) is 12.0. The van der Waals surface area contributed by atoms with Gasteiger partial charge in [-0.1, -0.05) is 40.9 Å². The van der Waals surface area contributed by atoms with Crippen molar-refractivity contribution in [2.24, 2.45) is 0 Å². The maximum absolute atomic E-state index is 12.8. The smallest absolute Gasteiger partial charge is 0.328 e. The monoisotopic (exact) mass is 543 g/mol. The topological polar surface area (TPSA) is 82.1 Å². The third-order valence-electron chi connectivity index (χ3n) is 4.75. The van der Waals surface area contributed by atoms with Crippen molar-refractivity contribution in [2.75, 3.05) is 13.7 Å². The molecule has 2 amide bonds. The highest BCUT2D eigenvalue weighted by Crippen LogP contribution is 2.40. The summed E-state index contributed by atoms with van der Waals surface area (Å²) in [6.07, 6.45) is 1.51. The van der Waals surface area contributed by atoms with Crippen molar-refractivity contribution in [3.8, 4) is 11.5 Å². The van der Waals surface area contributed by atoms with Crippen LogP contribution in [0.2, 0.25) is 15.1 Å². The van der Waals surface area contributed by atoms with Crippen LogP contribution in [0.5, 0.6) is 11.5 Å². The molecule has 1 aliphatic heterocycles. The zero-order valence-electron chi connectivity index (χ0n) is 18.4. The minimum Gasteiger partial charge on any atom is -0.490 e. The van der Waals surface area contributed by atoms with Crippen LogP contribution >= 0.6 is 46.6 Å². The Morgan fingerprint density at radius 2 is 1.82 bits per heavy atom. The summed E-state index contributed by atoms with van der Waals surface area (Å²) in [4.78, 5) is 37.9. The normalized spacial score (nSPS) is 15.6. The van der Waals surface area contributed by atoms with E-state index in [1.54, 1.807) is 30.3 Å². The number of benzene rings is 2. The fraction of sp³-hybridized carbons (Fsp3) is 0.261. The van der Waals surface area contributed by atoms with E-state index in [4.69, 9.17) is 44.3 Å². The van der Waals surface area contributed by atoms with E-state index in [2.05, 4.69) is 4.74 Å². The number of nitrogens with zero attached hydrogens (tertiary/aromatic N) is 1. The lowest BCUT2D eigenvalue weighted by molar-refractivity contribution is -0.148. The number of carbonyl (C=O) groups is 3. The van der Waals surface area contributed by atoms with E-state index < -0.39 is 23.2 Å². The molecule has 0 aromatic heterocycles. The van der Waals surface area contributed by atoms with Gasteiger partial charge in [0.05, 0.1) is 33.7 Å². The molecule has 0 N–H and O–H groups in total. The molecule has 0 saturated carbocycles. The Morgan fingerprint density at radius 3 is 2.47 bits per heavy atom. The van der Waals surface area contributed by atoms with Crippen LogP contribution in [-0.2, 0) is 20.9 Å². The van der Waals surface area contributed by atoms with Crippen LogP contribution in [0, 0.1) is 0 Å². The van der Waals surface area contributed by atoms with Gasteiger partial charge in [0, 0.05) is 0 Å². The third-order valence-corrected chi connectivity index (χ3v) is 6.65. The SMILES string of the molecule is CCOc1cc(/C=C2/SC(=O)N([C@@H](C)C(=O)OC)C2=O)cc(Cl)c1OCc1ccc(Cl)c(Cl)c1. The molecule has 0 radical (unpaired) electrons. The maximum Gasteiger partial charge on any atom is 0.328 e. The van der Waals surface area contributed by atoms with Gasteiger partial charge in [-0.25, -0.2) is 4.79 Å². The number of thioether (sulfide) groups is 1. The third kappa shape index (κ3) is 5.81. The summed E-state index contributed by atoms with van der Waals surface area (Å²) in [5.41, 5.74) is 1.30. The lowest BCUT2D eigenvalue weighted by Gasteiger charge is -2.18. The second kappa shape index (κ2) is 11.4.